The molecule has 2 aromatic carbocycles. The number of carbonyl (C=O) groups excluding carboxylic acids is 2. The molecular weight excluding hydrogens is 321 g/mol. The van der Waals surface area contributed by atoms with Gasteiger partial charge in [0.1, 0.15) is 0 Å². The number of Topliss-reactive ketones (excluding diaryl/α,β-unsaturated/α-hetero) is 1. The van der Waals surface area contributed by atoms with E-state index in [-0.39, 0.29) is 30.3 Å². The molecule has 0 aliphatic heterocycles. The van der Waals surface area contributed by atoms with Crippen LogP contribution in [0.2, 0.25) is 0 Å². The predicted molar refractivity (Wildman–Crippen MR) is 84.5 cm³/mol. The van der Waals surface area contributed by atoms with Gasteiger partial charge in [0.15, 0.2) is 23.2 Å². The number of halogens is 3. The summed E-state index contributed by atoms with van der Waals surface area (Å²) in [5.74, 6) is -4.58. The van der Waals surface area contributed by atoms with Gasteiger partial charge in [-0.15, -0.1) is 0 Å². The van der Waals surface area contributed by atoms with Gasteiger partial charge >= 0.3 is 0 Å². The summed E-state index contributed by atoms with van der Waals surface area (Å²) in [4.78, 5) is 22.9. The van der Waals surface area contributed by atoms with Gasteiger partial charge in [0, 0.05) is 24.2 Å². The van der Waals surface area contributed by atoms with Crippen LogP contribution in [-0.2, 0) is 4.79 Å². The van der Waals surface area contributed by atoms with Crippen LogP contribution in [0.15, 0.2) is 36.4 Å². The highest BCUT2D eigenvalue weighted by Crippen LogP contribution is 2.19. The van der Waals surface area contributed by atoms with E-state index in [0.29, 0.717) is 11.3 Å². The van der Waals surface area contributed by atoms with Crippen molar-refractivity contribution in [2.24, 2.45) is 0 Å². The van der Waals surface area contributed by atoms with Gasteiger partial charge in [-0.1, -0.05) is 0 Å². The average molecular weight is 336 g/mol. The third-order valence-corrected chi connectivity index (χ3v) is 3.28. The number of hydrogen-bond acceptors (Lipinski definition) is 3. The molecule has 2 N–H and O–H groups in total. The first kappa shape index (κ1) is 17.5. The Kier molecular flexibility index (Phi) is 5.57. The second-order valence-corrected chi connectivity index (χ2v) is 5.08. The third-order valence-electron chi connectivity index (χ3n) is 3.28. The number of carbonyl (C=O) groups is 2. The predicted octanol–water partition coefficient (Wildman–Crippen LogP) is 3.75. The highest BCUT2D eigenvalue weighted by Gasteiger charge is 2.13. The number of nitrogens with one attached hydrogen (secondary N) is 2. The second kappa shape index (κ2) is 7.63. The summed E-state index contributed by atoms with van der Waals surface area (Å²) in [7, 11) is 0. The van der Waals surface area contributed by atoms with Crippen LogP contribution >= 0.6 is 0 Å². The van der Waals surface area contributed by atoms with E-state index < -0.39 is 17.5 Å². The molecule has 4 nitrogen and oxygen atoms in total. The molecule has 1 amide bonds. The van der Waals surface area contributed by atoms with Gasteiger partial charge in [-0.2, -0.15) is 0 Å². The van der Waals surface area contributed by atoms with Gasteiger partial charge in [0.25, 0.3) is 0 Å². The fourth-order valence-electron chi connectivity index (χ4n) is 1.98. The molecule has 0 aliphatic rings. The molecule has 0 heterocycles. The molecule has 0 fully saturated rings. The maximum atomic E-state index is 13.4. The van der Waals surface area contributed by atoms with Crippen molar-refractivity contribution in [3.8, 4) is 0 Å². The second-order valence-electron chi connectivity index (χ2n) is 5.08. The van der Waals surface area contributed by atoms with Crippen LogP contribution in [0.25, 0.3) is 0 Å². The molecule has 0 atom stereocenters. The summed E-state index contributed by atoms with van der Waals surface area (Å²) in [6, 6.07) is 8.23. The third kappa shape index (κ3) is 4.34. The SMILES string of the molecule is CC(=O)c1ccc(NC(=O)CCNc2ccc(F)c(F)c2F)cc1. The van der Waals surface area contributed by atoms with Crippen LogP contribution in [0.4, 0.5) is 24.5 Å². The minimum atomic E-state index is -1.56. The Labute approximate surface area is 136 Å². The summed E-state index contributed by atoms with van der Waals surface area (Å²) in [5, 5.41) is 5.15. The minimum absolute atomic E-state index is 0.00705. The smallest absolute Gasteiger partial charge is 0.226 e. The van der Waals surface area contributed by atoms with Gasteiger partial charge in [-0.05, 0) is 43.3 Å². The van der Waals surface area contributed by atoms with E-state index in [4.69, 9.17) is 0 Å². The van der Waals surface area contributed by atoms with Gasteiger partial charge in [0.05, 0.1) is 5.69 Å². The molecule has 2 aromatic rings. The quantitative estimate of drug-likeness (QED) is 0.624. The number of amides is 1. The van der Waals surface area contributed by atoms with Crippen molar-refractivity contribution < 1.29 is 22.8 Å². The van der Waals surface area contributed by atoms with E-state index in [1.54, 1.807) is 24.3 Å². The molecule has 0 saturated heterocycles. The summed E-state index contributed by atoms with van der Waals surface area (Å²) in [6.45, 7) is 1.48. The normalized spacial score (nSPS) is 10.3. The first-order chi connectivity index (χ1) is 11.4. The zero-order chi connectivity index (χ0) is 17.7. The summed E-state index contributed by atoms with van der Waals surface area (Å²) in [5.41, 5.74) is 0.833. The molecule has 0 aliphatic carbocycles. The Morgan fingerprint density at radius 2 is 1.62 bits per heavy atom. The lowest BCUT2D eigenvalue weighted by Crippen LogP contribution is -2.17. The molecule has 0 unspecified atom stereocenters. The fourth-order valence-corrected chi connectivity index (χ4v) is 1.98. The minimum Gasteiger partial charge on any atom is -0.382 e. The Balaban J connectivity index is 1.85. The van der Waals surface area contributed by atoms with Crippen molar-refractivity contribution in [3.05, 3.63) is 59.4 Å². The first-order valence-corrected chi connectivity index (χ1v) is 7.16. The molecule has 0 bridgehead atoms. The molecule has 126 valence electrons. The van der Waals surface area contributed by atoms with Crippen LogP contribution < -0.4 is 10.6 Å². The van der Waals surface area contributed by atoms with E-state index >= 15 is 0 Å². The van der Waals surface area contributed by atoms with E-state index in [9.17, 15) is 22.8 Å². The number of ketones is 1. The molecule has 0 saturated carbocycles. The first-order valence-electron chi connectivity index (χ1n) is 7.16. The van der Waals surface area contributed by atoms with Crippen molar-refractivity contribution in [2.45, 2.75) is 13.3 Å². The van der Waals surface area contributed by atoms with Crippen LogP contribution in [-0.4, -0.2) is 18.2 Å². The Morgan fingerprint density at radius 3 is 2.25 bits per heavy atom. The van der Waals surface area contributed by atoms with Crippen molar-refractivity contribution in [1.29, 1.82) is 0 Å². The summed E-state index contributed by atoms with van der Waals surface area (Å²) < 4.78 is 39.3. The van der Waals surface area contributed by atoms with Gasteiger partial charge in [0.2, 0.25) is 5.91 Å². The molecule has 2 rings (SSSR count). The maximum absolute atomic E-state index is 13.4. The van der Waals surface area contributed by atoms with Crippen LogP contribution in [0.3, 0.4) is 0 Å². The summed E-state index contributed by atoms with van der Waals surface area (Å²) >= 11 is 0. The number of rotatable bonds is 6. The van der Waals surface area contributed by atoms with Crippen molar-refractivity contribution in [1.82, 2.24) is 0 Å². The number of anilines is 2. The molecule has 7 heteroatoms. The number of benzene rings is 2. The molecule has 24 heavy (non-hydrogen) atoms. The molecule has 0 spiro atoms. The molecule has 0 radical (unpaired) electrons. The van der Waals surface area contributed by atoms with Crippen LogP contribution in [0.1, 0.15) is 23.7 Å². The largest absolute Gasteiger partial charge is 0.382 e. The monoisotopic (exact) mass is 336 g/mol. The fraction of sp³-hybridized carbons (Fsp3) is 0.176. The summed E-state index contributed by atoms with van der Waals surface area (Å²) in [6.07, 6.45) is -0.00705. The Morgan fingerprint density at radius 1 is 0.958 bits per heavy atom. The lowest BCUT2D eigenvalue weighted by Gasteiger charge is -2.09. The highest BCUT2D eigenvalue weighted by atomic mass is 19.2. The van der Waals surface area contributed by atoms with E-state index in [0.717, 1.165) is 12.1 Å². The van der Waals surface area contributed by atoms with E-state index in [2.05, 4.69) is 10.6 Å². The van der Waals surface area contributed by atoms with Gasteiger partial charge in [-0.3, -0.25) is 9.59 Å². The van der Waals surface area contributed by atoms with E-state index in [1.807, 2.05) is 0 Å². The standard InChI is InChI=1S/C17H15F3N2O2/c1-10(23)11-2-4-12(5-3-11)22-15(24)8-9-21-14-7-6-13(18)16(19)17(14)20/h2-7,21H,8-9H2,1H3,(H,22,24). The van der Waals surface area contributed by atoms with Crippen molar-refractivity contribution >= 4 is 23.1 Å². The zero-order valence-electron chi connectivity index (χ0n) is 12.8. The molecular formula is C17H15F3N2O2. The van der Waals surface area contributed by atoms with Crippen molar-refractivity contribution in [3.63, 3.8) is 0 Å². The maximum Gasteiger partial charge on any atom is 0.226 e. The average Bonchev–Trinajstić information content (AvgIpc) is 2.55. The lowest BCUT2D eigenvalue weighted by molar-refractivity contribution is -0.115. The number of hydrogen-bond donors (Lipinski definition) is 2. The zero-order valence-corrected chi connectivity index (χ0v) is 12.8. The highest BCUT2D eigenvalue weighted by molar-refractivity contribution is 5.95. The lowest BCUT2D eigenvalue weighted by atomic mass is 10.1. The Hall–Kier alpha value is -2.83. The van der Waals surface area contributed by atoms with Gasteiger partial charge in [-0.25, -0.2) is 13.2 Å². The topological polar surface area (TPSA) is 58.2 Å². The van der Waals surface area contributed by atoms with E-state index in [1.165, 1.54) is 6.92 Å². The molecule has 0 aromatic heterocycles. The van der Waals surface area contributed by atoms with Crippen LogP contribution in [0.5, 0.6) is 0 Å². The van der Waals surface area contributed by atoms with Crippen molar-refractivity contribution in [2.75, 3.05) is 17.2 Å². The van der Waals surface area contributed by atoms with Crippen LogP contribution in [0, 0.1) is 17.5 Å². The van der Waals surface area contributed by atoms with Gasteiger partial charge < -0.3 is 10.6 Å². The Bertz CT molecular complexity index is 761.